The highest BCUT2D eigenvalue weighted by molar-refractivity contribution is 6.32. The molecule has 0 unspecified atom stereocenters. The summed E-state index contributed by atoms with van der Waals surface area (Å²) in [7, 11) is 0. The Bertz CT molecular complexity index is 1790. The van der Waals surface area contributed by atoms with Crippen molar-refractivity contribution < 1.29 is 19.3 Å². The summed E-state index contributed by atoms with van der Waals surface area (Å²) in [5.74, 6) is -1.86. The van der Waals surface area contributed by atoms with Crippen LogP contribution in [0.1, 0.15) is 53.7 Å². The summed E-state index contributed by atoms with van der Waals surface area (Å²) < 4.78 is 0. The van der Waals surface area contributed by atoms with Crippen molar-refractivity contribution in [1.82, 2.24) is 0 Å². The topological polar surface area (TPSA) is 97.6 Å². The Balaban J connectivity index is 1.54. The number of hydrogen-bond donors (Lipinski definition) is 0. The SMILES string of the molecule is Cc1ccc([C@H]2[C@H](C(=O)c3cccc([N+](=O)[O-])c3)N3c4ccccc4C=C[C@@H]3C23C(=O)c2ccccc2C3=O)cc1. The highest BCUT2D eigenvalue weighted by Gasteiger charge is 2.71. The lowest BCUT2D eigenvalue weighted by Gasteiger charge is -2.37. The monoisotopic (exact) mass is 540 g/mol. The van der Waals surface area contributed by atoms with Crippen LogP contribution in [0.3, 0.4) is 0 Å². The van der Waals surface area contributed by atoms with Crippen molar-refractivity contribution >= 4 is 34.8 Å². The molecule has 0 radical (unpaired) electrons. The molecule has 3 atom stereocenters. The van der Waals surface area contributed by atoms with Gasteiger partial charge in [-0.2, -0.15) is 0 Å². The van der Waals surface area contributed by atoms with E-state index < -0.39 is 28.3 Å². The third kappa shape index (κ3) is 3.35. The molecule has 7 rings (SSSR count). The van der Waals surface area contributed by atoms with Gasteiger partial charge in [0.25, 0.3) is 5.69 Å². The summed E-state index contributed by atoms with van der Waals surface area (Å²) >= 11 is 0. The van der Waals surface area contributed by atoms with Crippen molar-refractivity contribution in [2.75, 3.05) is 4.90 Å². The van der Waals surface area contributed by atoms with Gasteiger partial charge in [0.15, 0.2) is 17.3 Å². The molecule has 0 saturated carbocycles. The summed E-state index contributed by atoms with van der Waals surface area (Å²) in [6.45, 7) is 1.95. The highest BCUT2D eigenvalue weighted by atomic mass is 16.6. The molecule has 41 heavy (non-hydrogen) atoms. The van der Waals surface area contributed by atoms with E-state index in [0.717, 1.165) is 16.8 Å². The maximum atomic E-state index is 14.7. The van der Waals surface area contributed by atoms with E-state index in [1.807, 2.05) is 72.5 Å². The fraction of sp³-hybridized carbons (Fsp3) is 0.147. The molecule has 200 valence electrons. The zero-order chi connectivity index (χ0) is 28.5. The van der Waals surface area contributed by atoms with E-state index in [2.05, 4.69) is 0 Å². The van der Waals surface area contributed by atoms with Crippen LogP contribution in [-0.2, 0) is 0 Å². The minimum absolute atomic E-state index is 0.152. The molecule has 1 saturated heterocycles. The number of nitro benzene ring substituents is 1. The van der Waals surface area contributed by atoms with Gasteiger partial charge in [-0.25, -0.2) is 0 Å². The van der Waals surface area contributed by atoms with Crippen molar-refractivity contribution in [1.29, 1.82) is 0 Å². The molecule has 0 amide bonds. The van der Waals surface area contributed by atoms with Crippen LogP contribution in [0.4, 0.5) is 11.4 Å². The van der Waals surface area contributed by atoms with E-state index in [-0.39, 0.29) is 28.6 Å². The molecule has 4 aromatic carbocycles. The van der Waals surface area contributed by atoms with Crippen LogP contribution in [0.5, 0.6) is 0 Å². The second kappa shape index (κ2) is 8.93. The van der Waals surface area contributed by atoms with Crippen LogP contribution in [0.2, 0.25) is 0 Å². The number of anilines is 1. The largest absolute Gasteiger partial charge is 0.352 e. The standard InChI is InChI=1S/C34H24N2O5/c1-20-13-15-22(16-14-20)29-30(31(37)23-8-6-9-24(19-23)36(40)41)35-27-12-5-2-7-21(27)17-18-28(35)34(29)32(38)25-10-3-4-11-26(25)33(34)39/h2-19,28-30H,1H3/t28-,29+,30-/m1/s1. The minimum atomic E-state index is -1.61. The van der Waals surface area contributed by atoms with E-state index >= 15 is 0 Å². The summed E-state index contributed by atoms with van der Waals surface area (Å²) in [4.78, 5) is 56.9. The summed E-state index contributed by atoms with van der Waals surface area (Å²) in [6.07, 6.45) is 3.78. The van der Waals surface area contributed by atoms with Crippen molar-refractivity contribution in [3.05, 3.63) is 147 Å². The average Bonchev–Trinajstić information content (AvgIpc) is 3.43. The molecule has 1 aliphatic carbocycles. The van der Waals surface area contributed by atoms with Crippen LogP contribution in [0, 0.1) is 22.5 Å². The Kier molecular flexibility index (Phi) is 5.41. The predicted octanol–water partition coefficient (Wildman–Crippen LogP) is 6.22. The van der Waals surface area contributed by atoms with Gasteiger partial charge in [0.2, 0.25) is 0 Å². The van der Waals surface area contributed by atoms with Crippen LogP contribution in [-0.4, -0.2) is 34.4 Å². The summed E-state index contributed by atoms with van der Waals surface area (Å²) in [5.41, 5.74) is 2.32. The first-order chi connectivity index (χ1) is 19.8. The fourth-order valence-electron chi connectivity index (χ4n) is 7.01. The normalized spacial score (nSPS) is 21.5. The van der Waals surface area contributed by atoms with Crippen LogP contribution in [0.25, 0.3) is 6.08 Å². The van der Waals surface area contributed by atoms with E-state index in [1.165, 1.54) is 18.2 Å². The van der Waals surface area contributed by atoms with Gasteiger partial charge in [-0.3, -0.25) is 24.5 Å². The third-order valence-corrected chi connectivity index (χ3v) is 8.76. The molecule has 3 aliphatic rings. The number of hydrogen-bond acceptors (Lipinski definition) is 6. The quantitative estimate of drug-likeness (QED) is 0.132. The Morgan fingerprint density at radius 2 is 1.51 bits per heavy atom. The molecule has 0 N–H and O–H groups in total. The Labute approximate surface area is 235 Å². The number of non-ortho nitro benzene ring substituents is 1. The molecule has 7 heteroatoms. The number of carbonyl (C=O) groups is 3. The maximum absolute atomic E-state index is 14.7. The van der Waals surface area contributed by atoms with Gasteiger partial charge in [-0.1, -0.05) is 96.6 Å². The van der Waals surface area contributed by atoms with Crippen molar-refractivity contribution in [2.24, 2.45) is 5.41 Å². The number of rotatable bonds is 4. The molecule has 1 spiro atoms. The average molecular weight is 541 g/mol. The number of aryl methyl sites for hydroxylation is 1. The van der Waals surface area contributed by atoms with Gasteiger partial charge in [0, 0.05) is 40.4 Å². The molecule has 4 aromatic rings. The predicted molar refractivity (Wildman–Crippen MR) is 154 cm³/mol. The Morgan fingerprint density at radius 3 is 2.20 bits per heavy atom. The zero-order valence-corrected chi connectivity index (χ0v) is 22.1. The minimum Gasteiger partial charge on any atom is -0.352 e. The van der Waals surface area contributed by atoms with Gasteiger partial charge in [0.05, 0.1) is 11.0 Å². The van der Waals surface area contributed by atoms with Crippen molar-refractivity contribution in [3.63, 3.8) is 0 Å². The van der Waals surface area contributed by atoms with Crippen LogP contribution in [0.15, 0.2) is 103 Å². The van der Waals surface area contributed by atoms with Crippen molar-refractivity contribution in [2.45, 2.75) is 24.9 Å². The zero-order valence-electron chi connectivity index (χ0n) is 22.1. The van der Waals surface area contributed by atoms with E-state index in [1.54, 1.807) is 30.3 Å². The number of nitro groups is 1. The Hall–Kier alpha value is -5.17. The highest BCUT2D eigenvalue weighted by Crippen LogP contribution is 2.61. The third-order valence-electron chi connectivity index (χ3n) is 8.76. The molecule has 0 aromatic heterocycles. The second-order valence-corrected chi connectivity index (χ2v) is 10.8. The van der Waals surface area contributed by atoms with Gasteiger partial charge in [0.1, 0.15) is 11.5 Å². The lowest BCUT2D eigenvalue weighted by Crippen LogP contribution is -2.48. The summed E-state index contributed by atoms with van der Waals surface area (Å²) in [5, 5.41) is 11.6. The fourth-order valence-corrected chi connectivity index (χ4v) is 7.01. The number of ketones is 3. The Morgan fingerprint density at radius 1 is 0.854 bits per heavy atom. The van der Waals surface area contributed by atoms with Crippen molar-refractivity contribution in [3.8, 4) is 0 Å². The first-order valence-corrected chi connectivity index (χ1v) is 13.4. The first kappa shape index (κ1) is 24.8. The number of carbonyl (C=O) groups excluding carboxylic acids is 3. The number of fused-ring (bicyclic) bond motifs is 5. The maximum Gasteiger partial charge on any atom is 0.270 e. The second-order valence-electron chi connectivity index (χ2n) is 10.8. The molecule has 0 bridgehead atoms. The molecular formula is C34H24N2O5. The lowest BCUT2D eigenvalue weighted by molar-refractivity contribution is -0.384. The van der Waals surface area contributed by atoms with E-state index in [9.17, 15) is 24.5 Å². The number of Topliss-reactive ketones (excluding diaryl/α,β-unsaturated/α-hetero) is 3. The molecular weight excluding hydrogens is 516 g/mol. The molecule has 2 heterocycles. The van der Waals surface area contributed by atoms with Gasteiger partial charge < -0.3 is 4.90 Å². The van der Waals surface area contributed by atoms with Gasteiger partial charge in [-0.05, 0) is 24.1 Å². The van der Waals surface area contributed by atoms with Crippen LogP contribution < -0.4 is 4.90 Å². The first-order valence-electron chi connectivity index (χ1n) is 13.4. The van der Waals surface area contributed by atoms with Crippen LogP contribution >= 0.6 is 0 Å². The molecule has 7 nitrogen and oxygen atoms in total. The summed E-state index contributed by atoms with van der Waals surface area (Å²) in [6, 6.07) is 25.9. The number of benzene rings is 4. The van der Waals surface area contributed by atoms with Gasteiger partial charge >= 0.3 is 0 Å². The molecule has 2 aliphatic heterocycles. The number of para-hydroxylation sites is 1. The van der Waals surface area contributed by atoms with E-state index in [0.29, 0.717) is 16.7 Å². The van der Waals surface area contributed by atoms with Gasteiger partial charge in [-0.15, -0.1) is 0 Å². The lowest BCUT2D eigenvalue weighted by atomic mass is 9.64. The smallest absolute Gasteiger partial charge is 0.270 e. The number of nitrogens with zero attached hydrogens (tertiary/aromatic N) is 2. The molecule has 1 fully saturated rings. The van der Waals surface area contributed by atoms with E-state index in [4.69, 9.17) is 0 Å².